The molecule has 0 radical (unpaired) electrons. The summed E-state index contributed by atoms with van der Waals surface area (Å²) in [7, 11) is 0. The van der Waals surface area contributed by atoms with Crippen LogP contribution in [-0.4, -0.2) is 22.8 Å². The lowest BCUT2D eigenvalue weighted by Crippen LogP contribution is -2.31. The minimum Gasteiger partial charge on any atom is -0.349 e. The van der Waals surface area contributed by atoms with E-state index in [0.717, 1.165) is 12.1 Å². The van der Waals surface area contributed by atoms with Gasteiger partial charge in [0.05, 0.1) is 10.6 Å². The summed E-state index contributed by atoms with van der Waals surface area (Å²) in [5.74, 6) is -1.21. The number of nitrogens with zero attached hydrogens (tertiary/aromatic N) is 1. The maximum atomic E-state index is 12.9. The molecule has 1 aromatic carbocycles. The third kappa shape index (κ3) is 4.95. The quantitative estimate of drug-likeness (QED) is 0.830. The second-order valence-electron chi connectivity index (χ2n) is 5.68. The lowest BCUT2D eigenvalue weighted by Gasteiger charge is -2.12. The highest BCUT2D eigenvalue weighted by atomic mass is 35.5. The Bertz CT molecular complexity index is 838. The molecule has 5 nitrogen and oxygen atoms in total. The third-order valence-electron chi connectivity index (χ3n) is 3.16. The van der Waals surface area contributed by atoms with Crippen LogP contribution in [0.2, 0.25) is 5.02 Å². The van der Waals surface area contributed by atoms with Gasteiger partial charge in [0.2, 0.25) is 0 Å². The van der Waals surface area contributed by atoms with Crippen LogP contribution in [0.3, 0.4) is 0 Å². The fourth-order valence-corrected chi connectivity index (χ4v) is 2.26. The molecule has 0 aliphatic heterocycles. The number of carbonyl (C=O) groups is 2. The molecule has 1 heterocycles. The van der Waals surface area contributed by atoms with Gasteiger partial charge < -0.3 is 10.6 Å². The number of benzene rings is 1. The van der Waals surface area contributed by atoms with Crippen LogP contribution in [0.4, 0.5) is 18.9 Å². The van der Waals surface area contributed by atoms with Gasteiger partial charge in [-0.2, -0.15) is 13.2 Å². The van der Waals surface area contributed by atoms with E-state index < -0.39 is 28.6 Å². The highest BCUT2D eigenvalue weighted by molar-refractivity contribution is 6.31. The van der Waals surface area contributed by atoms with Crippen LogP contribution in [0.15, 0.2) is 36.4 Å². The van der Waals surface area contributed by atoms with E-state index in [9.17, 15) is 22.8 Å². The number of hydrogen-bond acceptors (Lipinski definition) is 3. The number of carbonyl (C=O) groups excluding carboxylic acids is 2. The molecule has 0 saturated heterocycles. The molecule has 26 heavy (non-hydrogen) atoms. The van der Waals surface area contributed by atoms with E-state index in [1.807, 2.05) is 0 Å². The Kier molecular flexibility index (Phi) is 5.86. The SMILES string of the molecule is CC(C)NC(=O)c1cccc(C(=O)Nc2ccc(Cl)c(C(F)(F)F)c2)n1. The Balaban J connectivity index is 2.22. The molecule has 0 bridgehead atoms. The van der Waals surface area contributed by atoms with E-state index in [1.54, 1.807) is 13.8 Å². The second kappa shape index (κ2) is 7.74. The van der Waals surface area contributed by atoms with Crippen molar-refractivity contribution >= 4 is 29.1 Å². The van der Waals surface area contributed by atoms with E-state index in [4.69, 9.17) is 11.6 Å². The molecule has 138 valence electrons. The number of amides is 2. The molecule has 2 N–H and O–H groups in total. The Morgan fingerprint density at radius 2 is 1.69 bits per heavy atom. The van der Waals surface area contributed by atoms with Crippen LogP contribution >= 0.6 is 11.6 Å². The molecule has 0 fully saturated rings. The highest BCUT2D eigenvalue weighted by Crippen LogP contribution is 2.36. The van der Waals surface area contributed by atoms with Gasteiger partial charge >= 0.3 is 6.18 Å². The van der Waals surface area contributed by atoms with Crippen LogP contribution in [0.1, 0.15) is 40.4 Å². The Morgan fingerprint density at radius 3 is 2.27 bits per heavy atom. The molecular weight excluding hydrogens is 371 g/mol. The normalized spacial score (nSPS) is 11.3. The van der Waals surface area contributed by atoms with Crippen LogP contribution in [0.5, 0.6) is 0 Å². The number of anilines is 1. The second-order valence-corrected chi connectivity index (χ2v) is 6.09. The molecule has 2 rings (SSSR count). The summed E-state index contributed by atoms with van der Waals surface area (Å²) >= 11 is 5.54. The largest absolute Gasteiger partial charge is 0.417 e. The topological polar surface area (TPSA) is 71.1 Å². The molecule has 0 spiro atoms. The molecule has 1 aromatic heterocycles. The lowest BCUT2D eigenvalue weighted by atomic mass is 10.2. The van der Waals surface area contributed by atoms with Crippen molar-refractivity contribution in [3.63, 3.8) is 0 Å². The molecule has 0 atom stereocenters. The number of rotatable bonds is 4. The minimum atomic E-state index is -4.65. The van der Waals surface area contributed by atoms with Crippen LogP contribution < -0.4 is 10.6 Å². The summed E-state index contributed by atoms with van der Waals surface area (Å²) in [5.41, 5.74) is -1.23. The van der Waals surface area contributed by atoms with Gasteiger partial charge in [-0.1, -0.05) is 17.7 Å². The fourth-order valence-electron chi connectivity index (χ4n) is 2.04. The van der Waals surface area contributed by atoms with Gasteiger partial charge in [0.15, 0.2) is 0 Å². The van der Waals surface area contributed by atoms with Gasteiger partial charge in [0.25, 0.3) is 11.8 Å². The molecule has 0 aliphatic rings. The average molecular weight is 386 g/mol. The average Bonchev–Trinajstić information content (AvgIpc) is 2.55. The zero-order valence-electron chi connectivity index (χ0n) is 13.8. The maximum Gasteiger partial charge on any atom is 0.417 e. The molecule has 2 amide bonds. The van der Waals surface area contributed by atoms with E-state index in [1.165, 1.54) is 24.3 Å². The van der Waals surface area contributed by atoms with Gasteiger partial charge in [-0.3, -0.25) is 9.59 Å². The van der Waals surface area contributed by atoms with E-state index >= 15 is 0 Å². The number of aromatic nitrogens is 1. The summed E-state index contributed by atoms with van der Waals surface area (Å²) in [5, 5.41) is 4.47. The number of nitrogens with one attached hydrogen (secondary N) is 2. The van der Waals surface area contributed by atoms with Gasteiger partial charge in [-0.15, -0.1) is 0 Å². The Hall–Kier alpha value is -2.61. The van der Waals surface area contributed by atoms with Crippen molar-refractivity contribution < 1.29 is 22.8 Å². The lowest BCUT2D eigenvalue weighted by molar-refractivity contribution is -0.137. The van der Waals surface area contributed by atoms with Crippen LogP contribution in [0, 0.1) is 0 Å². The fraction of sp³-hybridized carbons (Fsp3) is 0.235. The minimum absolute atomic E-state index is 0.0263. The predicted molar refractivity (Wildman–Crippen MR) is 91.2 cm³/mol. The smallest absolute Gasteiger partial charge is 0.349 e. The summed E-state index contributed by atoms with van der Waals surface area (Å²) in [6, 6.07) is 7.14. The van der Waals surface area contributed by atoms with Crippen LogP contribution in [0.25, 0.3) is 0 Å². The number of halogens is 4. The van der Waals surface area contributed by atoms with Crippen molar-refractivity contribution in [1.82, 2.24) is 10.3 Å². The van der Waals surface area contributed by atoms with Crippen molar-refractivity contribution in [2.45, 2.75) is 26.1 Å². The molecule has 0 unspecified atom stereocenters. The number of alkyl halides is 3. The summed E-state index contributed by atoms with van der Waals surface area (Å²) in [4.78, 5) is 28.1. The van der Waals surface area contributed by atoms with E-state index in [0.29, 0.717) is 0 Å². The van der Waals surface area contributed by atoms with Crippen LogP contribution in [-0.2, 0) is 6.18 Å². The Morgan fingerprint density at radius 1 is 1.08 bits per heavy atom. The van der Waals surface area contributed by atoms with E-state index in [2.05, 4.69) is 15.6 Å². The molecular formula is C17H15ClF3N3O2. The van der Waals surface area contributed by atoms with Crippen molar-refractivity contribution in [2.24, 2.45) is 0 Å². The molecule has 0 saturated carbocycles. The number of pyridine rings is 1. The van der Waals surface area contributed by atoms with Crippen molar-refractivity contribution in [3.05, 3.63) is 58.4 Å². The van der Waals surface area contributed by atoms with Crippen molar-refractivity contribution in [3.8, 4) is 0 Å². The predicted octanol–water partition coefficient (Wildman–Crippen LogP) is 4.14. The van der Waals surface area contributed by atoms with Gasteiger partial charge in [0, 0.05) is 11.7 Å². The monoisotopic (exact) mass is 385 g/mol. The summed E-state index contributed by atoms with van der Waals surface area (Å²) in [6.07, 6.45) is -4.65. The van der Waals surface area contributed by atoms with Gasteiger partial charge in [-0.05, 0) is 44.2 Å². The highest BCUT2D eigenvalue weighted by Gasteiger charge is 2.33. The first-order valence-corrected chi connectivity index (χ1v) is 7.91. The summed E-state index contributed by atoms with van der Waals surface area (Å²) < 4.78 is 38.6. The first-order chi connectivity index (χ1) is 12.1. The zero-order chi connectivity index (χ0) is 19.5. The first-order valence-electron chi connectivity index (χ1n) is 7.54. The molecule has 0 aliphatic carbocycles. The summed E-state index contributed by atoms with van der Waals surface area (Å²) in [6.45, 7) is 3.54. The van der Waals surface area contributed by atoms with Gasteiger partial charge in [-0.25, -0.2) is 4.98 Å². The zero-order valence-corrected chi connectivity index (χ0v) is 14.6. The van der Waals surface area contributed by atoms with Crippen molar-refractivity contribution in [2.75, 3.05) is 5.32 Å². The third-order valence-corrected chi connectivity index (χ3v) is 3.49. The van der Waals surface area contributed by atoms with Gasteiger partial charge in [0.1, 0.15) is 11.4 Å². The molecule has 2 aromatic rings. The Labute approximate surface area is 152 Å². The van der Waals surface area contributed by atoms with E-state index in [-0.39, 0.29) is 23.1 Å². The standard InChI is InChI=1S/C17H15ClF3N3O2/c1-9(2)22-15(25)13-4-3-5-14(24-13)16(26)23-10-6-7-12(18)11(8-10)17(19,20)21/h3-9H,1-2H3,(H,22,25)(H,23,26). The number of hydrogen-bond donors (Lipinski definition) is 2. The maximum absolute atomic E-state index is 12.9. The molecule has 9 heteroatoms. The first kappa shape index (κ1) is 19.7. The van der Waals surface area contributed by atoms with Crippen molar-refractivity contribution in [1.29, 1.82) is 0 Å².